The van der Waals surface area contributed by atoms with Crippen LogP contribution in [0.4, 0.5) is 38.1 Å². The zero-order chi connectivity index (χ0) is 26.2. The number of anilines is 2. The van der Waals surface area contributed by atoms with Gasteiger partial charge in [-0.25, -0.2) is 26.7 Å². The van der Waals surface area contributed by atoms with Crippen molar-refractivity contribution in [1.29, 1.82) is 0 Å². The van der Waals surface area contributed by atoms with E-state index in [1.165, 1.54) is 54.4 Å². The largest absolute Gasteiger partial charge is 0.329 e. The summed E-state index contributed by atoms with van der Waals surface area (Å²) in [7, 11) is 0. The molecule has 1 aliphatic heterocycles. The molecular weight excluding hydrogens is 477 g/mol. The van der Waals surface area contributed by atoms with Gasteiger partial charge in [0.1, 0.15) is 17.5 Å². The van der Waals surface area contributed by atoms with Crippen molar-refractivity contribution in [1.82, 2.24) is 4.98 Å². The van der Waals surface area contributed by atoms with Gasteiger partial charge < -0.3 is 0 Å². The van der Waals surface area contributed by atoms with Gasteiger partial charge >= 0.3 is 6.03 Å². The van der Waals surface area contributed by atoms with Crippen molar-refractivity contribution in [2.24, 2.45) is 0 Å². The Labute approximate surface area is 206 Å². The number of aryl methyl sites for hydroxylation is 2. The molecule has 0 N–H and O–H groups in total. The van der Waals surface area contributed by atoms with Crippen LogP contribution in [0.5, 0.6) is 0 Å². The van der Waals surface area contributed by atoms with Crippen LogP contribution >= 0.6 is 0 Å². The van der Waals surface area contributed by atoms with Crippen molar-refractivity contribution in [3.05, 3.63) is 88.0 Å². The van der Waals surface area contributed by atoms with E-state index >= 15 is 0 Å². The number of carbonyl (C=O) groups is 1. The second-order valence-corrected chi connectivity index (χ2v) is 9.01. The number of nitrogens with zero attached hydrogens (tertiary/aromatic N) is 3. The average Bonchev–Trinajstić information content (AvgIpc) is 2.93. The van der Waals surface area contributed by atoms with Crippen molar-refractivity contribution in [3.8, 4) is 0 Å². The van der Waals surface area contributed by atoms with Crippen LogP contribution in [0.3, 0.4) is 0 Å². The Hall–Kier alpha value is -3.49. The first kappa shape index (κ1) is 25.6. The second-order valence-electron chi connectivity index (χ2n) is 9.01. The van der Waals surface area contributed by atoms with Crippen molar-refractivity contribution in [2.75, 3.05) is 16.3 Å². The number of amides is 2. The third-order valence-corrected chi connectivity index (χ3v) is 6.34. The molecule has 3 aromatic rings. The predicted molar refractivity (Wildman–Crippen MR) is 128 cm³/mol. The minimum Gasteiger partial charge on any atom is -0.292 e. The number of halogens is 5. The molecule has 1 aliphatic rings. The molecule has 2 amide bonds. The number of aromatic nitrogens is 1. The minimum absolute atomic E-state index is 0.0386. The second kappa shape index (κ2) is 9.87. The first-order chi connectivity index (χ1) is 17.0. The van der Waals surface area contributed by atoms with E-state index in [2.05, 4.69) is 4.98 Å². The topological polar surface area (TPSA) is 36.4 Å². The molecule has 9 heteroatoms. The zero-order valence-electron chi connectivity index (χ0n) is 20.2. The van der Waals surface area contributed by atoms with Gasteiger partial charge in [0, 0.05) is 35.9 Å². The Kier molecular flexibility index (Phi) is 7.02. The van der Waals surface area contributed by atoms with Crippen LogP contribution in [-0.2, 0) is 25.3 Å². The van der Waals surface area contributed by atoms with E-state index in [1.54, 1.807) is 0 Å². The molecule has 2 aromatic carbocycles. The van der Waals surface area contributed by atoms with Gasteiger partial charge in [0.05, 0.1) is 24.1 Å². The Morgan fingerprint density at radius 1 is 1.06 bits per heavy atom. The summed E-state index contributed by atoms with van der Waals surface area (Å²) >= 11 is 0. The maximum absolute atomic E-state index is 15.0. The highest BCUT2D eigenvalue weighted by Crippen LogP contribution is 2.35. The highest BCUT2D eigenvalue weighted by Gasteiger charge is 2.34. The standard InChI is InChI=1S/C27H26F5N3O/c1-4-6-17-11-23(29)20(24(30)12-17)15-35-25-8-5-7-22(28)19(25)9-10-34(26(35)36)18-13-21(27(3,31)32)16(2)33-14-18/h5,7-8,11-14H,4,6,9-10,15H2,1-3H3. The maximum atomic E-state index is 15.0. The van der Waals surface area contributed by atoms with Crippen LogP contribution in [0.25, 0.3) is 0 Å². The summed E-state index contributed by atoms with van der Waals surface area (Å²) < 4.78 is 73.0. The van der Waals surface area contributed by atoms with E-state index in [4.69, 9.17) is 0 Å². The van der Waals surface area contributed by atoms with Crippen LogP contribution in [-0.4, -0.2) is 17.6 Å². The third kappa shape index (κ3) is 4.92. The summed E-state index contributed by atoms with van der Waals surface area (Å²) in [6, 6.07) is 7.05. The number of hydrogen-bond acceptors (Lipinski definition) is 2. The molecule has 0 radical (unpaired) electrons. The van der Waals surface area contributed by atoms with Crippen molar-refractivity contribution in [3.63, 3.8) is 0 Å². The average molecular weight is 504 g/mol. The Morgan fingerprint density at radius 3 is 2.39 bits per heavy atom. The van der Waals surface area contributed by atoms with Crippen LogP contribution in [0, 0.1) is 24.4 Å². The molecule has 0 aliphatic carbocycles. The zero-order valence-corrected chi connectivity index (χ0v) is 20.2. The molecule has 1 aromatic heterocycles. The lowest BCUT2D eigenvalue weighted by molar-refractivity contribution is 0.0164. The van der Waals surface area contributed by atoms with E-state index in [1.807, 2.05) is 6.92 Å². The summed E-state index contributed by atoms with van der Waals surface area (Å²) in [4.78, 5) is 20.0. The molecule has 4 rings (SSSR count). The fraction of sp³-hybridized carbons (Fsp3) is 0.333. The first-order valence-electron chi connectivity index (χ1n) is 11.7. The van der Waals surface area contributed by atoms with Crippen molar-refractivity contribution >= 4 is 17.4 Å². The summed E-state index contributed by atoms with van der Waals surface area (Å²) in [6.45, 7) is 3.51. The quantitative estimate of drug-likeness (QED) is 0.338. The lowest BCUT2D eigenvalue weighted by Crippen LogP contribution is -2.43. The smallest absolute Gasteiger partial charge is 0.292 e. The third-order valence-electron chi connectivity index (χ3n) is 6.34. The lowest BCUT2D eigenvalue weighted by atomic mass is 10.0. The van der Waals surface area contributed by atoms with Gasteiger partial charge in [-0.3, -0.25) is 14.8 Å². The van der Waals surface area contributed by atoms with E-state index < -0.39 is 36.0 Å². The number of pyridine rings is 1. The summed E-state index contributed by atoms with van der Waals surface area (Å²) in [6.07, 6.45) is 2.54. The predicted octanol–water partition coefficient (Wildman–Crippen LogP) is 7.06. The number of benzene rings is 2. The van der Waals surface area contributed by atoms with E-state index in [0.717, 1.165) is 11.8 Å². The Morgan fingerprint density at radius 2 is 1.75 bits per heavy atom. The van der Waals surface area contributed by atoms with E-state index in [0.29, 0.717) is 18.4 Å². The maximum Gasteiger partial charge on any atom is 0.329 e. The highest BCUT2D eigenvalue weighted by atomic mass is 19.3. The van der Waals surface area contributed by atoms with Gasteiger partial charge in [0.15, 0.2) is 0 Å². The molecule has 4 nitrogen and oxygen atoms in total. The molecule has 0 unspecified atom stereocenters. The number of hydrogen-bond donors (Lipinski definition) is 0. The molecule has 0 saturated heterocycles. The number of fused-ring (bicyclic) bond motifs is 1. The van der Waals surface area contributed by atoms with Gasteiger partial charge in [-0.15, -0.1) is 0 Å². The summed E-state index contributed by atoms with van der Waals surface area (Å²) in [5, 5.41) is 0. The molecule has 0 spiro atoms. The fourth-order valence-electron chi connectivity index (χ4n) is 4.52. The molecule has 190 valence electrons. The van der Waals surface area contributed by atoms with Crippen molar-refractivity contribution in [2.45, 2.75) is 52.5 Å². The van der Waals surface area contributed by atoms with Crippen molar-refractivity contribution < 1.29 is 26.7 Å². The molecule has 0 atom stereocenters. The Bertz CT molecular complexity index is 1280. The fourth-order valence-corrected chi connectivity index (χ4v) is 4.52. The summed E-state index contributed by atoms with van der Waals surface area (Å²) in [5.41, 5.74) is 0.345. The number of carbonyl (C=O) groups excluding carboxylic acids is 1. The minimum atomic E-state index is -3.21. The van der Waals surface area contributed by atoms with E-state index in [9.17, 15) is 26.7 Å². The molecule has 36 heavy (non-hydrogen) atoms. The van der Waals surface area contributed by atoms with Crippen LogP contribution < -0.4 is 9.80 Å². The molecule has 0 fully saturated rings. The number of rotatable bonds is 6. The van der Waals surface area contributed by atoms with E-state index in [-0.39, 0.29) is 46.7 Å². The monoisotopic (exact) mass is 503 g/mol. The molecule has 0 bridgehead atoms. The molecule has 2 heterocycles. The van der Waals surface area contributed by atoms with Crippen LogP contribution in [0.15, 0.2) is 42.6 Å². The van der Waals surface area contributed by atoms with Gasteiger partial charge in [-0.1, -0.05) is 19.4 Å². The van der Waals surface area contributed by atoms with Crippen LogP contribution in [0.1, 0.15) is 48.2 Å². The summed E-state index contributed by atoms with van der Waals surface area (Å²) in [5.74, 6) is -5.41. The number of urea groups is 1. The normalized spacial score (nSPS) is 14.2. The first-order valence-corrected chi connectivity index (χ1v) is 11.7. The van der Waals surface area contributed by atoms with Gasteiger partial charge in [0.25, 0.3) is 5.92 Å². The highest BCUT2D eigenvalue weighted by molar-refractivity contribution is 6.04. The SMILES string of the molecule is CCCc1cc(F)c(CN2C(=O)N(c3cnc(C)c(C(C)(F)F)c3)CCc3c(F)cccc32)c(F)c1. The van der Waals surface area contributed by atoms with Gasteiger partial charge in [-0.05, 0) is 55.7 Å². The lowest BCUT2D eigenvalue weighted by Gasteiger charge is -2.29. The molecule has 0 saturated carbocycles. The van der Waals surface area contributed by atoms with Gasteiger partial charge in [0.2, 0.25) is 0 Å². The van der Waals surface area contributed by atoms with Gasteiger partial charge in [-0.2, -0.15) is 0 Å². The number of alkyl halides is 2. The van der Waals surface area contributed by atoms with Crippen LogP contribution in [0.2, 0.25) is 0 Å². The Balaban J connectivity index is 1.80. The molecular formula is C27H26F5N3O.